The van der Waals surface area contributed by atoms with Crippen molar-refractivity contribution in [3.05, 3.63) is 65.5 Å². The van der Waals surface area contributed by atoms with Gasteiger partial charge in [-0.3, -0.25) is 5.43 Å². The number of thiazole rings is 1. The van der Waals surface area contributed by atoms with Crippen LogP contribution in [0, 0.1) is 0 Å². The lowest BCUT2D eigenvalue weighted by Crippen LogP contribution is -2.15. The fourth-order valence-corrected chi connectivity index (χ4v) is 3.17. The molecule has 6 heteroatoms. The minimum atomic E-state index is 0.684. The number of nitrogens with zero attached hydrogens (tertiary/aromatic N) is 3. The van der Waals surface area contributed by atoms with E-state index in [1.807, 2.05) is 60.0 Å². The summed E-state index contributed by atoms with van der Waals surface area (Å²) in [6, 6.07) is 18.0. The lowest BCUT2D eigenvalue weighted by atomic mass is 10.2. The van der Waals surface area contributed by atoms with Crippen molar-refractivity contribution >= 4 is 22.7 Å². The average Bonchev–Trinajstić information content (AvgIpc) is 3.16. The molecule has 0 atom stereocenters. The quantitative estimate of drug-likeness (QED) is 0.335. The van der Waals surface area contributed by atoms with Crippen molar-refractivity contribution in [3.8, 4) is 17.0 Å². The normalized spacial score (nSPS) is 11.2. The number of hydrogen-bond donors (Lipinski definition) is 1. The van der Waals surface area contributed by atoms with Gasteiger partial charge in [-0.2, -0.15) is 5.10 Å². The molecule has 5 nitrogen and oxygen atoms in total. The number of aromatic nitrogens is 1. The van der Waals surface area contributed by atoms with E-state index in [0.29, 0.717) is 6.61 Å². The third kappa shape index (κ3) is 5.91. The first-order chi connectivity index (χ1) is 13.2. The Balaban J connectivity index is 1.58. The minimum absolute atomic E-state index is 0.684. The highest BCUT2D eigenvalue weighted by atomic mass is 32.1. The number of para-hydroxylation sites is 1. The van der Waals surface area contributed by atoms with Crippen molar-refractivity contribution in [3.63, 3.8) is 0 Å². The molecule has 0 fully saturated rings. The fraction of sp³-hybridized carbons (Fsp3) is 0.238. The molecular formula is C21H24N4OS. The van der Waals surface area contributed by atoms with Gasteiger partial charge in [0, 0.05) is 23.1 Å². The minimum Gasteiger partial charge on any atom is -0.493 e. The van der Waals surface area contributed by atoms with Crippen molar-refractivity contribution in [2.75, 3.05) is 32.7 Å². The second-order valence-electron chi connectivity index (χ2n) is 6.32. The molecule has 0 saturated carbocycles. The number of anilines is 1. The largest absolute Gasteiger partial charge is 0.493 e. The molecule has 0 amide bonds. The van der Waals surface area contributed by atoms with E-state index in [-0.39, 0.29) is 0 Å². The van der Waals surface area contributed by atoms with E-state index in [1.54, 1.807) is 6.21 Å². The zero-order valence-electron chi connectivity index (χ0n) is 15.6. The van der Waals surface area contributed by atoms with Gasteiger partial charge in [-0.15, -0.1) is 11.3 Å². The third-order valence-corrected chi connectivity index (χ3v) is 4.61. The molecular weight excluding hydrogens is 356 g/mol. The highest BCUT2D eigenvalue weighted by Gasteiger charge is 2.04. The maximum atomic E-state index is 5.89. The van der Waals surface area contributed by atoms with Gasteiger partial charge in [0.2, 0.25) is 5.13 Å². The maximum absolute atomic E-state index is 5.89. The summed E-state index contributed by atoms with van der Waals surface area (Å²) in [5, 5.41) is 7.10. The molecule has 0 aliphatic carbocycles. The lowest BCUT2D eigenvalue weighted by Gasteiger charge is -2.11. The van der Waals surface area contributed by atoms with Crippen molar-refractivity contribution in [2.24, 2.45) is 5.10 Å². The van der Waals surface area contributed by atoms with E-state index in [9.17, 15) is 0 Å². The predicted octanol–water partition coefficient (Wildman–Crippen LogP) is 4.59. The van der Waals surface area contributed by atoms with Crippen LogP contribution < -0.4 is 10.2 Å². The summed E-state index contributed by atoms with van der Waals surface area (Å²) in [5.74, 6) is 0.839. The zero-order valence-corrected chi connectivity index (χ0v) is 16.4. The second kappa shape index (κ2) is 9.85. The van der Waals surface area contributed by atoms with Gasteiger partial charge in [-0.05, 0) is 32.6 Å². The zero-order chi connectivity index (χ0) is 18.9. The Morgan fingerprint density at radius 1 is 1.11 bits per heavy atom. The van der Waals surface area contributed by atoms with Crippen molar-refractivity contribution in [2.45, 2.75) is 6.42 Å². The molecule has 0 aliphatic heterocycles. The van der Waals surface area contributed by atoms with Crippen LogP contribution in [0.2, 0.25) is 0 Å². The van der Waals surface area contributed by atoms with E-state index < -0.39 is 0 Å². The highest BCUT2D eigenvalue weighted by molar-refractivity contribution is 7.14. The van der Waals surface area contributed by atoms with Crippen LogP contribution >= 0.6 is 11.3 Å². The molecule has 0 aliphatic rings. The van der Waals surface area contributed by atoms with Crippen LogP contribution in [0.3, 0.4) is 0 Å². The van der Waals surface area contributed by atoms with E-state index >= 15 is 0 Å². The molecule has 0 saturated heterocycles. The number of ether oxygens (including phenoxy) is 1. The molecule has 3 rings (SSSR count). The van der Waals surface area contributed by atoms with Crippen LogP contribution in [-0.2, 0) is 0 Å². The van der Waals surface area contributed by atoms with Crippen molar-refractivity contribution < 1.29 is 4.74 Å². The standard InChI is InChI=1S/C21H24N4OS/c1-25(2)13-8-14-26-20-12-7-6-11-18(20)15-22-24-21-23-19(16-27-21)17-9-4-3-5-10-17/h3-7,9-12,15-16H,8,13-14H2,1-2H3,(H,23,24). The molecule has 0 bridgehead atoms. The summed E-state index contributed by atoms with van der Waals surface area (Å²) in [4.78, 5) is 6.72. The lowest BCUT2D eigenvalue weighted by molar-refractivity contribution is 0.281. The first-order valence-electron chi connectivity index (χ1n) is 8.89. The summed E-state index contributed by atoms with van der Waals surface area (Å²) < 4.78 is 5.89. The first-order valence-corrected chi connectivity index (χ1v) is 9.77. The molecule has 1 N–H and O–H groups in total. The summed E-state index contributed by atoms with van der Waals surface area (Å²) in [7, 11) is 4.13. The Morgan fingerprint density at radius 2 is 1.89 bits per heavy atom. The average molecular weight is 381 g/mol. The van der Waals surface area contributed by atoms with Crippen LogP contribution in [0.1, 0.15) is 12.0 Å². The van der Waals surface area contributed by atoms with Gasteiger partial charge in [-0.25, -0.2) is 4.98 Å². The Morgan fingerprint density at radius 3 is 2.70 bits per heavy atom. The summed E-state index contributed by atoms with van der Waals surface area (Å²) in [6.07, 6.45) is 2.75. The third-order valence-electron chi connectivity index (χ3n) is 3.86. The van der Waals surface area contributed by atoms with Crippen LogP contribution in [0.4, 0.5) is 5.13 Å². The van der Waals surface area contributed by atoms with Gasteiger partial charge in [0.05, 0.1) is 18.5 Å². The molecule has 0 spiro atoms. The van der Waals surface area contributed by atoms with Crippen LogP contribution in [0.15, 0.2) is 65.1 Å². The van der Waals surface area contributed by atoms with E-state index in [2.05, 4.69) is 34.5 Å². The Kier molecular flexibility index (Phi) is 6.96. The summed E-state index contributed by atoms with van der Waals surface area (Å²) >= 11 is 1.53. The van der Waals surface area contributed by atoms with Crippen LogP contribution in [0.5, 0.6) is 5.75 Å². The van der Waals surface area contributed by atoms with E-state index in [4.69, 9.17) is 4.74 Å². The SMILES string of the molecule is CN(C)CCCOc1ccccc1C=NNc1nc(-c2ccccc2)cs1. The summed E-state index contributed by atoms with van der Waals surface area (Å²) in [6.45, 7) is 1.69. The van der Waals surface area contributed by atoms with Crippen LogP contribution in [0.25, 0.3) is 11.3 Å². The number of hydrazone groups is 1. The molecule has 140 valence electrons. The van der Waals surface area contributed by atoms with Crippen molar-refractivity contribution in [1.29, 1.82) is 0 Å². The Labute approximate surface area is 164 Å². The molecule has 0 unspecified atom stereocenters. The molecule has 1 heterocycles. The van der Waals surface area contributed by atoms with Gasteiger partial charge >= 0.3 is 0 Å². The topological polar surface area (TPSA) is 49.8 Å². The van der Waals surface area contributed by atoms with Gasteiger partial charge in [-0.1, -0.05) is 42.5 Å². The van der Waals surface area contributed by atoms with Crippen LogP contribution in [-0.4, -0.2) is 43.3 Å². The van der Waals surface area contributed by atoms with E-state index in [1.165, 1.54) is 11.3 Å². The predicted molar refractivity (Wildman–Crippen MR) is 114 cm³/mol. The molecule has 3 aromatic rings. The van der Waals surface area contributed by atoms with E-state index in [0.717, 1.165) is 40.7 Å². The van der Waals surface area contributed by atoms with Gasteiger partial charge in [0.25, 0.3) is 0 Å². The fourth-order valence-electron chi connectivity index (χ4n) is 2.51. The smallest absolute Gasteiger partial charge is 0.203 e. The number of hydrogen-bond acceptors (Lipinski definition) is 6. The molecule has 0 radical (unpaired) electrons. The molecule has 27 heavy (non-hydrogen) atoms. The number of rotatable bonds is 9. The second-order valence-corrected chi connectivity index (χ2v) is 7.18. The Hall–Kier alpha value is -2.70. The highest BCUT2D eigenvalue weighted by Crippen LogP contribution is 2.24. The summed E-state index contributed by atoms with van der Waals surface area (Å²) in [5.41, 5.74) is 5.99. The van der Waals surface area contributed by atoms with Gasteiger partial charge < -0.3 is 9.64 Å². The Bertz CT molecular complexity index is 861. The maximum Gasteiger partial charge on any atom is 0.203 e. The molecule has 1 aromatic heterocycles. The first kappa shape index (κ1) is 19.1. The van der Waals surface area contributed by atoms with Gasteiger partial charge in [0.15, 0.2) is 0 Å². The monoisotopic (exact) mass is 380 g/mol. The van der Waals surface area contributed by atoms with Gasteiger partial charge in [0.1, 0.15) is 5.75 Å². The number of benzene rings is 2. The number of nitrogens with one attached hydrogen (secondary N) is 1. The van der Waals surface area contributed by atoms with Crippen molar-refractivity contribution in [1.82, 2.24) is 9.88 Å². The molecule has 2 aromatic carbocycles.